The van der Waals surface area contributed by atoms with Crippen LogP contribution in [0.4, 0.5) is 0 Å². The molecule has 0 aliphatic carbocycles. The highest BCUT2D eigenvalue weighted by Crippen LogP contribution is 2.16. The van der Waals surface area contributed by atoms with Gasteiger partial charge in [0, 0.05) is 13.0 Å². The van der Waals surface area contributed by atoms with E-state index in [1.165, 1.54) is 96.3 Å². The number of hydrogen-bond acceptors (Lipinski definition) is 1. The van der Waals surface area contributed by atoms with Gasteiger partial charge in [0.25, 0.3) is 0 Å². The van der Waals surface area contributed by atoms with Crippen LogP contribution in [-0.2, 0) is 4.79 Å². The smallest absolute Gasteiger partial charge is 0.222 e. The van der Waals surface area contributed by atoms with E-state index in [4.69, 9.17) is 0 Å². The maximum atomic E-state index is 11.6. The van der Waals surface area contributed by atoms with Crippen LogP contribution in [0.1, 0.15) is 123 Å². The van der Waals surface area contributed by atoms with Crippen LogP contribution in [0.2, 0.25) is 0 Å². The Bertz CT molecular complexity index is 265. The maximum Gasteiger partial charge on any atom is 0.222 e. The normalized spacial score (nSPS) is 12.3. The SMILES string of the molecule is CCCCCCCCCCCCCCCCCC(CC)C(=O)NC. The Balaban J connectivity index is 3.19. The van der Waals surface area contributed by atoms with Crippen LogP contribution in [0.25, 0.3) is 0 Å². The quantitative estimate of drug-likeness (QED) is 0.267. The van der Waals surface area contributed by atoms with Crippen molar-refractivity contribution in [1.82, 2.24) is 5.32 Å². The third-order valence-electron chi connectivity index (χ3n) is 5.27. The highest BCUT2D eigenvalue weighted by molar-refractivity contribution is 5.78. The molecular weight excluding hydrogens is 294 g/mol. The lowest BCUT2D eigenvalue weighted by molar-refractivity contribution is -0.124. The van der Waals surface area contributed by atoms with Crippen molar-refractivity contribution in [2.75, 3.05) is 7.05 Å². The van der Waals surface area contributed by atoms with Crippen LogP contribution >= 0.6 is 0 Å². The molecule has 2 heteroatoms. The molecule has 0 aromatic carbocycles. The van der Waals surface area contributed by atoms with E-state index in [2.05, 4.69) is 19.2 Å². The van der Waals surface area contributed by atoms with Crippen molar-refractivity contribution in [3.63, 3.8) is 0 Å². The Morgan fingerprint density at radius 3 is 1.38 bits per heavy atom. The first-order valence-electron chi connectivity index (χ1n) is 11.0. The molecular formula is C22H45NO. The van der Waals surface area contributed by atoms with Crippen LogP contribution in [0.3, 0.4) is 0 Å². The van der Waals surface area contributed by atoms with E-state index in [0.29, 0.717) is 0 Å². The molecule has 0 aromatic heterocycles. The minimum atomic E-state index is 0.225. The van der Waals surface area contributed by atoms with Gasteiger partial charge in [0.2, 0.25) is 5.91 Å². The number of carbonyl (C=O) groups excluding carboxylic acids is 1. The Labute approximate surface area is 152 Å². The number of carbonyl (C=O) groups is 1. The molecule has 0 spiro atoms. The van der Waals surface area contributed by atoms with E-state index >= 15 is 0 Å². The molecule has 0 bridgehead atoms. The summed E-state index contributed by atoms with van der Waals surface area (Å²) in [6.07, 6.45) is 23.0. The van der Waals surface area contributed by atoms with Crippen molar-refractivity contribution < 1.29 is 4.79 Å². The van der Waals surface area contributed by atoms with Crippen molar-refractivity contribution in [1.29, 1.82) is 0 Å². The average molecular weight is 340 g/mol. The van der Waals surface area contributed by atoms with Gasteiger partial charge in [0.05, 0.1) is 0 Å². The van der Waals surface area contributed by atoms with Crippen molar-refractivity contribution in [3.05, 3.63) is 0 Å². The standard InChI is InChI=1S/C22H45NO/c1-4-6-7-8-9-10-11-12-13-14-15-16-17-18-19-20-21(5-2)22(24)23-3/h21H,4-20H2,1-3H3,(H,23,24). The van der Waals surface area contributed by atoms with Crippen LogP contribution in [-0.4, -0.2) is 13.0 Å². The molecule has 0 aromatic rings. The molecule has 2 nitrogen and oxygen atoms in total. The predicted octanol–water partition coefficient (Wildman–Crippen LogP) is 7.02. The van der Waals surface area contributed by atoms with Gasteiger partial charge in [-0.15, -0.1) is 0 Å². The lowest BCUT2D eigenvalue weighted by Gasteiger charge is -2.12. The predicted molar refractivity (Wildman–Crippen MR) is 107 cm³/mol. The van der Waals surface area contributed by atoms with E-state index in [0.717, 1.165) is 12.8 Å². The fourth-order valence-corrected chi connectivity index (χ4v) is 3.49. The third kappa shape index (κ3) is 15.0. The highest BCUT2D eigenvalue weighted by Gasteiger charge is 2.13. The number of rotatable bonds is 18. The zero-order valence-electron chi connectivity index (χ0n) is 17.0. The highest BCUT2D eigenvalue weighted by atomic mass is 16.1. The Hall–Kier alpha value is -0.530. The Morgan fingerprint density at radius 1 is 0.667 bits per heavy atom. The summed E-state index contributed by atoms with van der Waals surface area (Å²) in [5, 5.41) is 2.78. The summed E-state index contributed by atoms with van der Waals surface area (Å²) in [6, 6.07) is 0. The molecule has 1 atom stereocenters. The summed E-state index contributed by atoms with van der Waals surface area (Å²) in [7, 11) is 1.75. The molecule has 144 valence electrons. The fraction of sp³-hybridized carbons (Fsp3) is 0.955. The molecule has 0 rings (SSSR count). The second-order valence-corrected chi connectivity index (χ2v) is 7.46. The Kier molecular flexibility index (Phi) is 18.4. The molecule has 24 heavy (non-hydrogen) atoms. The van der Waals surface area contributed by atoms with Crippen LogP contribution < -0.4 is 5.32 Å². The van der Waals surface area contributed by atoms with E-state index < -0.39 is 0 Å². The first-order valence-corrected chi connectivity index (χ1v) is 11.0. The topological polar surface area (TPSA) is 29.1 Å². The minimum Gasteiger partial charge on any atom is -0.359 e. The van der Waals surface area contributed by atoms with Crippen molar-refractivity contribution in [3.8, 4) is 0 Å². The van der Waals surface area contributed by atoms with Gasteiger partial charge in [-0.25, -0.2) is 0 Å². The minimum absolute atomic E-state index is 0.225. The summed E-state index contributed by atoms with van der Waals surface area (Å²) < 4.78 is 0. The first-order chi connectivity index (χ1) is 11.8. The van der Waals surface area contributed by atoms with Gasteiger partial charge >= 0.3 is 0 Å². The molecule has 1 amide bonds. The molecule has 0 saturated heterocycles. The summed E-state index contributed by atoms with van der Waals surface area (Å²) in [5.41, 5.74) is 0. The summed E-state index contributed by atoms with van der Waals surface area (Å²) in [4.78, 5) is 11.6. The van der Waals surface area contributed by atoms with Crippen molar-refractivity contribution in [2.45, 2.75) is 123 Å². The monoisotopic (exact) mass is 339 g/mol. The number of unbranched alkanes of at least 4 members (excludes halogenated alkanes) is 14. The second kappa shape index (κ2) is 18.8. The molecule has 1 N–H and O–H groups in total. The van der Waals surface area contributed by atoms with Gasteiger partial charge in [-0.2, -0.15) is 0 Å². The number of amides is 1. The fourth-order valence-electron chi connectivity index (χ4n) is 3.49. The molecule has 0 saturated carbocycles. The van der Waals surface area contributed by atoms with Gasteiger partial charge in [0.1, 0.15) is 0 Å². The van der Waals surface area contributed by atoms with Crippen molar-refractivity contribution in [2.24, 2.45) is 5.92 Å². The summed E-state index contributed by atoms with van der Waals surface area (Å²) in [6.45, 7) is 4.40. The molecule has 0 fully saturated rings. The van der Waals surface area contributed by atoms with Crippen LogP contribution in [0.5, 0.6) is 0 Å². The molecule has 0 aliphatic rings. The zero-order valence-corrected chi connectivity index (χ0v) is 17.0. The third-order valence-corrected chi connectivity index (χ3v) is 5.27. The second-order valence-electron chi connectivity index (χ2n) is 7.46. The lowest BCUT2D eigenvalue weighted by atomic mass is 9.97. The zero-order chi connectivity index (χ0) is 17.9. The molecule has 1 unspecified atom stereocenters. The van der Waals surface area contributed by atoms with E-state index in [9.17, 15) is 4.79 Å². The summed E-state index contributed by atoms with van der Waals surface area (Å²) >= 11 is 0. The van der Waals surface area contributed by atoms with Gasteiger partial charge in [-0.3, -0.25) is 4.79 Å². The van der Waals surface area contributed by atoms with E-state index in [1.54, 1.807) is 7.05 Å². The Morgan fingerprint density at radius 2 is 1.04 bits per heavy atom. The largest absolute Gasteiger partial charge is 0.359 e. The van der Waals surface area contributed by atoms with E-state index in [1.807, 2.05) is 0 Å². The molecule has 0 aliphatic heterocycles. The maximum absolute atomic E-state index is 11.6. The summed E-state index contributed by atoms with van der Waals surface area (Å²) in [5.74, 6) is 0.458. The van der Waals surface area contributed by atoms with Gasteiger partial charge in [0.15, 0.2) is 0 Å². The van der Waals surface area contributed by atoms with Gasteiger partial charge < -0.3 is 5.32 Å². The van der Waals surface area contributed by atoms with Gasteiger partial charge in [-0.1, -0.05) is 110 Å². The van der Waals surface area contributed by atoms with E-state index in [-0.39, 0.29) is 11.8 Å². The number of nitrogens with one attached hydrogen (secondary N) is 1. The molecule has 0 heterocycles. The number of hydrogen-bond donors (Lipinski definition) is 1. The van der Waals surface area contributed by atoms with Crippen LogP contribution in [0, 0.1) is 5.92 Å². The molecule has 0 radical (unpaired) electrons. The van der Waals surface area contributed by atoms with Crippen LogP contribution in [0.15, 0.2) is 0 Å². The lowest BCUT2D eigenvalue weighted by Crippen LogP contribution is -2.26. The first kappa shape index (κ1) is 23.5. The van der Waals surface area contributed by atoms with Crippen molar-refractivity contribution >= 4 is 5.91 Å². The van der Waals surface area contributed by atoms with Gasteiger partial charge in [-0.05, 0) is 12.8 Å². The average Bonchev–Trinajstić information content (AvgIpc) is 2.61.